The second kappa shape index (κ2) is 9.69. The van der Waals surface area contributed by atoms with Crippen molar-refractivity contribution in [2.75, 3.05) is 19.5 Å². The number of rotatable bonds is 8. The van der Waals surface area contributed by atoms with Gasteiger partial charge in [0.15, 0.2) is 11.0 Å². The lowest BCUT2D eigenvalue weighted by Crippen LogP contribution is -2.03. The molecule has 0 radical (unpaired) electrons. The highest BCUT2D eigenvalue weighted by Crippen LogP contribution is 2.32. The van der Waals surface area contributed by atoms with E-state index in [-0.39, 0.29) is 0 Å². The third-order valence-corrected chi connectivity index (χ3v) is 5.57. The smallest absolute Gasteiger partial charge is 0.196 e. The van der Waals surface area contributed by atoms with E-state index in [4.69, 9.17) is 21.1 Å². The van der Waals surface area contributed by atoms with Crippen molar-refractivity contribution in [3.05, 3.63) is 83.9 Å². The van der Waals surface area contributed by atoms with E-state index in [1.807, 2.05) is 83.4 Å². The highest BCUT2D eigenvalue weighted by atomic mass is 35.5. The highest BCUT2D eigenvalue weighted by molar-refractivity contribution is 7.99. The molecule has 7 heteroatoms. The zero-order valence-corrected chi connectivity index (χ0v) is 17.9. The van der Waals surface area contributed by atoms with Crippen LogP contribution < -0.4 is 9.47 Å². The zero-order chi connectivity index (χ0) is 20.8. The number of para-hydroxylation sites is 1. The number of nitrogens with zero attached hydrogens (tertiary/aromatic N) is 3. The van der Waals surface area contributed by atoms with E-state index in [0.717, 1.165) is 33.7 Å². The van der Waals surface area contributed by atoms with Gasteiger partial charge < -0.3 is 9.47 Å². The van der Waals surface area contributed by atoms with E-state index in [1.54, 1.807) is 18.9 Å². The minimum atomic E-state index is 0.533. The molecule has 0 fully saturated rings. The Morgan fingerprint density at radius 1 is 0.933 bits per heavy atom. The molecule has 0 aliphatic rings. The Kier molecular flexibility index (Phi) is 6.57. The topological polar surface area (TPSA) is 49.2 Å². The third kappa shape index (κ3) is 4.61. The predicted molar refractivity (Wildman–Crippen MR) is 121 cm³/mol. The Morgan fingerprint density at radius 2 is 1.67 bits per heavy atom. The van der Waals surface area contributed by atoms with Crippen LogP contribution >= 0.6 is 23.4 Å². The minimum absolute atomic E-state index is 0.533. The molecule has 4 aromatic rings. The van der Waals surface area contributed by atoms with E-state index in [0.29, 0.717) is 17.4 Å². The number of methoxy groups -OCH3 is 1. The molecular weight excluding hydrogens is 418 g/mol. The second-order valence-electron chi connectivity index (χ2n) is 6.34. The van der Waals surface area contributed by atoms with Crippen molar-refractivity contribution in [2.24, 2.45) is 0 Å². The highest BCUT2D eigenvalue weighted by Gasteiger charge is 2.17. The summed E-state index contributed by atoms with van der Waals surface area (Å²) in [4.78, 5) is 0. The summed E-state index contributed by atoms with van der Waals surface area (Å²) in [7, 11) is 1.60. The van der Waals surface area contributed by atoms with Gasteiger partial charge in [0.05, 0.1) is 24.4 Å². The summed E-state index contributed by atoms with van der Waals surface area (Å²) in [5.74, 6) is 2.96. The summed E-state index contributed by atoms with van der Waals surface area (Å²) in [6, 6.07) is 25.4. The number of benzene rings is 3. The number of hydrogen-bond acceptors (Lipinski definition) is 5. The molecule has 1 aromatic heterocycles. The van der Waals surface area contributed by atoms with E-state index in [2.05, 4.69) is 10.2 Å². The second-order valence-corrected chi connectivity index (χ2v) is 7.81. The molecule has 30 heavy (non-hydrogen) atoms. The van der Waals surface area contributed by atoms with Gasteiger partial charge in [-0.05, 0) is 30.3 Å². The molecular formula is C23H20ClN3O2S. The van der Waals surface area contributed by atoms with Crippen molar-refractivity contribution in [1.29, 1.82) is 0 Å². The van der Waals surface area contributed by atoms with Crippen molar-refractivity contribution >= 4 is 23.4 Å². The first-order chi connectivity index (χ1) is 14.8. The molecule has 0 saturated carbocycles. The summed E-state index contributed by atoms with van der Waals surface area (Å²) in [5, 5.41) is 10.2. The molecule has 0 amide bonds. The molecule has 1 heterocycles. The van der Waals surface area contributed by atoms with Crippen LogP contribution in [-0.4, -0.2) is 34.2 Å². The van der Waals surface area contributed by atoms with Crippen LogP contribution in [-0.2, 0) is 0 Å². The molecule has 5 nitrogen and oxygen atoms in total. The molecule has 152 valence electrons. The third-order valence-electron chi connectivity index (χ3n) is 4.39. The van der Waals surface area contributed by atoms with Gasteiger partial charge in [0.1, 0.15) is 11.5 Å². The van der Waals surface area contributed by atoms with E-state index < -0.39 is 0 Å². The lowest BCUT2D eigenvalue weighted by atomic mass is 10.2. The Morgan fingerprint density at radius 3 is 2.37 bits per heavy atom. The number of halogens is 1. The maximum absolute atomic E-state index is 6.39. The van der Waals surface area contributed by atoms with Crippen LogP contribution in [0.5, 0.6) is 11.5 Å². The first kappa shape index (κ1) is 20.3. The average Bonchev–Trinajstić information content (AvgIpc) is 3.22. The summed E-state index contributed by atoms with van der Waals surface area (Å²) in [5.41, 5.74) is 1.85. The van der Waals surface area contributed by atoms with Gasteiger partial charge in [0.25, 0.3) is 0 Å². The molecule has 0 N–H and O–H groups in total. The summed E-state index contributed by atoms with van der Waals surface area (Å²) >= 11 is 7.97. The van der Waals surface area contributed by atoms with Crippen LogP contribution in [0.3, 0.4) is 0 Å². The van der Waals surface area contributed by atoms with Gasteiger partial charge in [-0.1, -0.05) is 71.9 Å². The fourth-order valence-electron chi connectivity index (χ4n) is 2.97. The molecule has 0 aliphatic heterocycles. The quantitative estimate of drug-likeness (QED) is 0.259. The van der Waals surface area contributed by atoms with Gasteiger partial charge in [0, 0.05) is 11.3 Å². The standard InChI is InChI=1S/C23H20ClN3O2S/c1-28-21-13-12-18(16-20(21)24)27-22(17-8-4-2-5-9-17)25-26-23(27)30-15-14-29-19-10-6-3-7-11-19/h2-13,16H,14-15H2,1H3. The molecule has 0 aliphatic carbocycles. The van der Waals surface area contributed by atoms with Gasteiger partial charge in [-0.3, -0.25) is 4.57 Å². The lowest BCUT2D eigenvalue weighted by molar-refractivity contribution is 0.344. The van der Waals surface area contributed by atoms with Crippen LogP contribution in [0.15, 0.2) is 84.0 Å². The molecule has 0 bridgehead atoms. The fraction of sp³-hybridized carbons (Fsp3) is 0.130. The Balaban J connectivity index is 1.60. The van der Waals surface area contributed by atoms with Gasteiger partial charge in [0.2, 0.25) is 0 Å². The van der Waals surface area contributed by atoms with Crippen LogP contribution in [0, 0.1) is 0 Å². The van der Waals surface area contributed by atoms with Crippen molar-refractivity contribution in [1.82, 2.24) is 14.8 Å². The summed E-state index contributed by atoms with van der Waals surface area (Å²) in [6.07, 6.45) is 0. The van der Waals surface area contributed by atoms with Crippen LogP contribution in [0.4, 0.5) is 0 Å². The monoisotopic (exact) mass is 437 g/mol. The first-order valence-electron chi connectivity index (χ1n) is 9.41. The summed E-state index contributed by atoms with van der Waals surface area (Å²) < 4.78 is 13.1. The normalized spacial score (nSPS) is 10.7. The fourth-order valence-corrected chi connectivity index (χ4v) is 3.99. The Labute approximate surface area is 184 Å². The number of thioether (sulfide) groups is 1. The number of aromatic nitrogens is 3. The van der Waals surface area contributed by atoms with Crippen LogP contribution in [0.1, 0.15) is 0 Å². The van der Waals surface area contributed by atoms with Crippen LogP contribution in [0.25, 0.3) is 17.1 Å². The molecule has 4 rings (SSSR count). The van der Waals surface area contributed by atoms with E-state index >= 15 is 0 Å². The van der Waals surface area contributed by atoms with Crippen molar-refractivity contribution in [3.8, 4) is 28.6 Å². The predicted octanol–water partition coefficient (Wildman–Crippen LogP) is 5.77. The molecule has 0 unspecified atom stereocenters. The lowest BCUT2D eigenvalue weighted by Gasteiger charge is -2.12. The van der Waals surface area contributed by atoms with Gasteiger partial charge in [-0.2, -0.15) is 0 Å². The average molecular weight is 438 g/mol. The Hall–Kier alpha value is -2.96. The summed E-state index contributed by atoms with van der Waals surface area (Å²) in [6.45, 7) is 0.561. The molecule has 0 spiro atoms. The number of ether oxygens (including phenoxy) is 2. The van der Waals surface area contributed by atoms with Gasteiger partial charge in [-0.25, -0.2) is 0 Å². The molecule has 0 atom stereocenters. The largest absolute Gasteiger partial charge is 0.495 e. The maximum atomic E-state index is 6.39. The van der Waals surface area contributed by atoms with Crippen molar-refractivity contribution in [3.63, 3.8) is 0 Å². The number of hydrogen-bond donors (Lipinski definition) is 0. The van der Waals surface area contributed by atoms with E-state index in [1.165, 1.54) is 0 Å². The van der Waals surface area contributed by atoms with Crippen molar-refractivity contribution < 1.29 is 9.47 Å². The zero-order valence-electron chi connectivity index (χ0n) is 16.4. The first-order valence-corrected chi connectivity index (χ1v) is 10.8. The van der Waals surface area contributed by atoms with Gasteiger partial charge >= 0.3 is 0 Å². The van der Waals surface area contributed by atoms with E-state index in [9.17, 15) is 0 Å². The minimum Gasteiger partial charge on any atom is -0.495 e. The van der Waals surface area contributed by atoms with Gasteiger partial charge in [-0.15, -0.1) is 10.2 Å². The van der Waals surface area contributed by atoms with Crippen molar-refractivity contribution in [2.45, 2.75) is 5.16 Å². The Bertz CT molecular complexity index is 1100. The van der Waals surface area contributed by atoms with Crippen LogP contribution in [0.2, 0.25) is 5.02 Å². The molecule has 0 saturated heterocycles. The maximum Gasteiger partial charge on any atom is 0.196 e. The SMILES string of the molecule is COc1ccc(-n2c(SCCOc3ccccc3)nnc2-c2ccccc2)cc1Cl. The molecule has 3 aromatic carbocycles.